The van der Waals surface area contributed by atoms with Gasteiger partial charge < -0.3 is 10.2 Å². The van der Waals surface area contributed by atoms with Crippen molar-refractivity contribution in [2.45, 2.75) is 31.2 Å². The van der Waals surface area contributed by atoms with Crippen LogP contribution in [0, 0.1) is 0 Å². The quantitative estimate of drug-likeness (QED) is 0.826. The Kier molecular flexibility index (Phi) is 2.52. The summed E-state index contributed by atoms with van der Waals surface area (Å²) in [5.41, 5.74) is 1.17. The van der Waals surface area contributed by atoms with E-state index in [9.17, 15) is 0 Å². The molecule has 1 atom stereocenters. The summed E-state index contributed by atoms with van der Waals surface area (Å²) in [7, 11) is 2.11. The number of hydrogen-bond acceptors (Lipinski definition) is 4. The fourth-order valence-corrected chi connectivity index (χ4v) is 2.28. The second-order valence-corrected chi connectivity index (χ2v) is 4.85. The smallest absolute Gasteiger partial charge is 0.151 e. The van der Waals surface area contributed by atoms with Crippen LogP contribution in [-0.2, 0) is 0 Å². The summed E-state index contributed by atoms with van der Waals surface area (Å²) in [6.45, 7) is 2.17. The van der Waals surface area contributed by atoms with Gasteiger partial charge in [0.2, 0.25) is 0 Å². The summed E-state index contributed by atoms with van der Waals surface area (Å²) in [5.74, 6) is 1.69. The normalized spacial score (nSPS) is 24.7. The lowest BCUT2D eigenvalue weighted by atomic mass is 10.2. The number of likely N-dealkylation sites (N-methyl/N-ethyl adjacent to an activating group) is 1. The highest BCUT2D eigenvalue weighted by molar-refractivity contribution is 5.38. The molecular weight excluding hydrogens is 200 g/mol. The molecule has 1 N–H and O–H groups in total. The predicted octanol–water partition coefficient (Wildman–Crippen LogP) is 1.15. The third kappa shape index (κ3) is 1.89. The number of nitrogens with one attached hydrogen (secondary N) is 1. The molecule has 1 aliphatic carbocycles. The van der Waals surface area contributed by atoms with E-state index in [1.807, 2.05) is 0 Å². The number of rotatable bonds is 3. The third-order valence-corrected chi connectivity index (χ3v) is 3.61. The minimum Gasteiger partial charge on any atom is -0.354 e. The maximum absolute atomic E-state index is 4.33. The second-order valence-electron chi connectivity index (χ2n) is 4.85. The van der Waals surface area contributed by atoms with Crippen LogP contribution in [0.5, 0.6) is 0 Å². The Labute approximate surface area is 96.1 Å². The SMILES string of the molecule is CN(c1ccc(C2CC2)nn1)C1CCNC1. The van der Waals surface area contributed by atoms with E-state index in [0.717, 1.165) is 18.9 Å². The van der Waals surface area contributed by atoms with E-state index in [0.29, 0.717) is 12.0 Å². The van der Waals surface area contributed by atoms with Crippen LogP contribution < -0.4 is 10.2 Å². The standard InChI is InChI=1S/C12H18N4/c1-16(10-6-7-13-8-10)12-5-4-11(14-15-12)9-2-3-9/h4-5,9-10,13H,2-3,6-8H2,1H3. The van der Waals surface area contributed by atoms with Gasteiger partial charge in [-0.3, -0.25) is 0 Å². The number of nitrogens with zero attached hydrogens (tertiary/aromatic N) is 3. The van der Waals surface area contributed by atoms with E-state index in [1.165, 1.54) is 25.0 Å². The van der Waals surface area contributed by atoms with Gasteiger partial charge >= 0.3 is 0 Å². The van der Waals surface area contributed by atoms with Gasteiger partial charge in [-0.05, 0) is 37.9 Å². The van der Waals surface area contributed by atoms with Crippen LogP contribution in [0.25, 0.3) is 0 Å². The minimum absolute atomic E-state index is 0.570. The first-order valence-corrected chi connectivity index (χ1v) is 6.12. The molecule has 0 bridgehead atoms. The van der Waals surface area contributed by atoms with Crippen LogP contribution in [0.3, 0.4) is 0 Å². The number of anilines is 1. The van der Waals surface area contributed by atoms with E-state index >= 15 is 0 Å². The van der Waals surface area contributed by atoms with Gasteiger partial charge in [-0.15, -0.1) is 5.10 Å². The summed E-state index contributed by atoms with van der Waals surface area (Å²) in [6, 6.07) is 4.82. The topological polar surface area (TPSA) is 41.1 Å². The predicted molar refractivity (Wildman–Crippen MR) is 63.7 cm³/mol. The first-order chi connectivity index (χ1) is 7.84. The Bertz CT molecular complexity index is 352. The van der Waals surface area contributed by atoms with Crippen LogP contribution in [0.1, 0.15) is 30.9 Å². The van der Waals surface area contributed by atoms with Gasteiger partial charge in [-0.1, -0.05) is 0 Å². The molecule has 1 aromatic rings. The summed E-state index contributed by atoms with van der Waals surface area (Å²) < 4.78 is 0. The van der Waals surface area contributed by atoms with Crippen LogP contribution >= 0.6 is 0 Å². The fraction of sp³-hybridized carbons (Fsp3) is 0.667. The first kappa shape index (κ1) is 10.0. The van der Waals surface area contributed by atoms with Gasteiger partial charge in [-0.25, -0.2) is 0 Å². The van der Waals surface area contributed by atoms with Crippen molar-refractivity contribution in [1.82, 2.24) is 15.5 Å². The maximum Gasteiger partial charge on any atom is 0.151 e. The molecule has 4 nitrogen and oxygen atoms in total. The second kappa shape index (κ2) is 4.01. The van der Waals surface area contributed by atoms with Gasteiger partial charge in [-0.2, -0.15) is 5.10 Å². The summed E-state index contributed by atoms with van der Waals surface area (Å²) in [4.78, 5) is 2.24. The molecule has 0 radical (unpaired) electrons. The molecule has 0 amide bonds. The van der Waals surface area contributed by atoms with Crippen LogP contribution in [-0.4, -0.2) is 36.4 Å². The van der Waals surface area contributed by atoms with Crippen molar-refractivity contribution in [3.05, 3.63) is 17.8 Å². The minimum atomic E-state index is 0.570. The highest BCUT2D eigenvalue weighted by atomic mass is 15.3. The molecule has 4 heteroatoms. The maximum atomic E-state index is 4.33. The molecule has 2 fully saturated rings. The highest BCUT2D eigenvalue weighted by Crippen LogP contribution is 2.38. The highest BCUT2D eigenvalue weighted by Gasteiger charge is 2.26. The molecule has 2 aliphatic rings. The van der Waals surface area contributed by atoms with Crippen LogP contribution in [0.15, 0.2) is 12.1 Å². The number of hydrogen-bond donors (Lipinski definition) is 1. The Morgan fingerprint density at radius 3 is 2.69 bits per heavy atom. The van der Waals surface area contributed by atoms with Gasteiger partial charge in [0.05, 0.1) is 5.69 Å². The Hall–Kier alpha value is -1.16. The van der Waals surface area contributed by atoms with Crippen molar-refractivity contribution in [2.24, 2.45) is 0 Å². The van der Waals surface area contributed by atoms with Gasteiger partial charge in [0.1, 0.15) is 0 Å². The van der Waals surface area contributed by atoms with Crippen molar-refractivity contribution in [1.29, 1.82) is 0 Å². The molecule has 1 saturated heterocycles. The zero-order chi connectivity index (χ0) is 11.0. The first-order valence-electron chi connectivity index (χ1n) is 6.12. The van der Waals surface area contributed by atoms with Crippen molar-refractivity contribution < 1.29 is 0 Å². The van der Waals surface area contributed by atoms with Crippen LogP contribution in [0.4, 0.5) is 5.82 Å². The largest absolute Gasteiger partial charge is 0.354 e. The summed E-state index contributed by atoms with van der Waals surface area (Å²) in [6.07, 6.45) is 3.77. The fourth-order valence-electron chi connectivity index (χ4n) is 2.28. The monoisotopic (exact) mass is 218 g/mol. The molecule has 0 aromatic carbocycles. The van der Waals surface area contributed by atoms with Gasteiger partial charge in [0, 0.05) is 25.6 Å². The molecule has 3 rings (SSSR count). The third-order valence-electron chi connectivity index (χ3n) is 3.61. The van der Waals surface area contributed by atoms with E-state index in [2.05, 4.69) is 39.6 Å². The van der Waals surface area contributed by atoms with Crippen LogP contribution in [0.2, 0.25) is 0 Å². The zero-order valence-corrected chi connectivity index (χ0v) is 9.69. The molecule has 2 heterocycles. The average Bonchev–Trinajstić information content (AvgIpc) is 3.04. The van der Waals surface area contributed by atoms with E-state index in [1.54, 1.807) is 0 Å². The van der Waals surface area contributed by atoms with Crippen molar-refractivity contribution in [2.75, 3.05) is 25.0 Å². The lowest BCUT2D eigenvalue weighted by molar-refractivity contribution is 0.670. The molecule has 16 heavy (non-hydrogen) atoms. The molecule has 1 saturated carbocycles. The lowest BCUT2D eigenvalue weighted by Gasteiger charge is -2.24. The molecule has 1 aromatic heterocycles. The Morgan fingerprint density at radius 1 is 1.25 bits per heavy atom. The van der Waals surface area contributed by atoms with Gasteiger partial charge in [0.25, 0.3) is 0 Å². The van der Waals surface area contributed by atoms with E-state index < -0.39 is 0 Å². The average molecular weight is 218 g/mol. The van der Waals surface area contributed by atoms with E-state index in [-0.39, 0.29) is 0 Å². The molecular formula is C12H18N4. The lowest BCUT2D eigenvalue weighted by Crippen LogP contribution is -2.34. The van der Waals surface area contributed by atoms with Crippen molar-refractivity contribution >= 4 is 5.82 Å². The van der Waals surface area contributed by atoms with Crippen molar-refractivity contribution in [3.63, 3.8) is 0 Å². The molecule has 1 aliphatic heterocycles. The molecule has 1 unspecified atom stereocenters. The summed E-state index contributed by atoms with van der Waals surface area (Å²) >= 11 is 0. The zero-order valence-electron chi connectivity index (χ0n) is 9.69. The number of aromatic nitrogens is 2. The van der Waals surface area contributed by atoms with Gasteiger partial charge in [0.15, 0.2) is 5.82 Å². The molecule has 86 valence electrons. The molecule has 0 spiro atoms. The summed E-state index contributed by atoms with van der Waals surface area (Å²) in [5, 5.41) is 12.0. The Morgan fingerprint density at radius 2 is 2.12 bits per heavy atom. The van der Waals surface area contributed by atoms with E-state index in [4.69, 9.17) is 0 Å². The Balaban J connectivity index is 1.72. The van der Waals surface area contributed by atoms with Crippen molar-refractivity contribution in [3.8, 4) is 0 Å².